The molecule has 2 aliphatic rings. The summed E-state index contributed by atoms with van der Waals surface area (Å²) in [6.45, 7) is 2.57. The molecule has 1 aliphatic carbocycles. The summed E-state index contributed by atoms with van der Waals surface area (Å²) in [6.07, 6.45) is 8.80. The van der Waals surface area contributed by atoms with E-state index < -0.39 is 0 Å². The van der Waals surface area contributed by atoms with Crippen LogP contribution in [0.1, 0.15) is 19.3 Å². The van der Waals surface area contributed by atoms with Crippen LogP contribution < -0.4 is 0 Å². The number of pyridine rings is 1. The van der Waals surface area contributed by atoms with Gasteiger partial charge in [0.1, 0.15) is 6.33 Å². The van der Waals surface area contributed by atoms with Gasteiger partial charge in [0.05, 0.1) is 11.0 Å². The van der Waals surface area contributed by atoms with Crippen LogP contribution in [0.25, 0.3) is 33.5 Å². The molecule has 1 N–H and O–H groups in total. The molecule has 0 radical (unpaired) electrons. The van der Waals surface area contributed by atoms with Crippen LogP contribution in [0.3, 0.4) is 0 Å². The zero-order chi connectivity index (χ0) is 20.8. The monoisotopic (exact) mass is 412 g/mol. The predicted octanol–water partition coefficient (Wildman–Crippen LogP) is 3.75. The van der Waals surface area contributed by atoms with Gasteiger partial charge >= 0.3 is 0 Å². The van der Waals surface area contributed by atoms with Crippen molar-refractivity contribution in [2.24, 2.45) is 11.8 Å². The van der Waals surface area contributed by atoms with Gasteiger partial charge in [0, 0.05) is 49.1 Å². The molecule has 1 saturated heterocycles. The highest BCUT2D eigenvalue weighted by atomic mass is 16.2. The summed E-state index contributed by atoms with van der Waals surface area (Å²) in [5, 5.41) is 8.53. The maximum Gasteiger partial charge on any atom is 0.225 e. The molecule has 0 bridgehead atoms. The number of carbonyl (C=O) groups is 1. The molecule has 7 nitrogen and oxygen atoms in total. The molecule has 0 unspecified atom stereocenters. The number of hydrogen-bond acceptors (Lipinski definition) is 4. The van der Waals surface area contributed by atoms with E-state index >= 15 is 0 Å². The largest absolute Gasteiger partial charge is 0.360 e. The summed E-state index contributed by atoms with van der Waals surface area (Å²) in [6, 6.07) is 12.5. The van der Waals surface area contributed by atoms with Gasteiger partial charge in [-0.1, -0.05) is 24.3 Å². The van der Waals surface area contributed by atoms with Crippen molar-refractivity contribution in [3.63, 3.8) is 0 Å². The Kier molecular flexibility index (Phi) is 4.33. The van der Waals surface area contributed by atoms with Crippen LogP contribution in [0.5, 0.6) is 0 Å². The van der Waals surface area contributed by atoms with E-state index in [0.717, 1.165) is 72.4 Å². The molecule has 1 aliphatic heterocycles. The highest BCUT2D eigenvalue weighted by Crippen LogP contribution is 2.33. The zero-order valence-corrected chi connectivity index (χ0v) is 17.2. The number of amides is 1. The summed E-state index contributed by atoms with van der Waals surface area (Å²) in [5.41, 5.74) is 5.24. The summed E-state index contributed by atoms with van der Waals surface area (Å²) >= 11 is 0. The van der Waals surface area contributed by atoms with Crippen LogP contribution in [0.15, 0.2) is 55.1 Å². The third kappa shape index (κ3) is 3.50. The molecule has 1 saturated carbocycles. The van der Waals surface area contributed by atoms with Crippen LogP contribution in [0.2, 0.25) is 0 Å². The molecule has 4 aromatic rings. The second-order valence-corrected chi connectivity index (χ2v) is 8.73. The van der Waals surface area contributed by atoms with Gasteiger partial charge < -0.3 is 14.5 Å². The lowest BCUT2D eigenvalue weighted by Gasteiger charge is -2.17. The minimum Gasteiger partial charge on any atom is -0.360 e. The van der Waals surface area contributed by atoms with Crippen molar-refractivity contribution in [1.29, 1.82) is 0 Å². The van der Waals surface area contributed by atoms with Crippen LogP contribution in [0, 0.1) is 11.8 Å². The smallest absolute Gasteiger partial charge is 0.225 e. The molecule has 2 fully saturated rings. The fraction of sp³-hybridized carbons (Fsp3) is 0.333. The van der Waals surface area contributed by atoms with E-state index in [2.05, 4.69) is 60.0 Å². The molecule has 31 heavy (non-hydrogen) atoms. The SMILES string of the molecule is O=C(C1CC1)N1CC[C@@H](Cn2cnnc2-c2ccc(-c3cnc4cc[nH]c4c3)cc2)C1. The lowest BCUT2D eigenvalue weighted by Crippen LogP contribution is -2.30. The molecule has 7 heteroatoms. The molecule has 1 atom stereocenters. The third-order valence-electron chi connectivity index (χ3n) is 6.47. The Morgan fingerprint density at radius 2 is 1.90 bits per heavy atom. The third-order valence-corrected chi connectivity index (χ3v) is 6.47. The van der Waals surface area contributed by atoms with Gasteiger partial charge in [0.15, 0.2) is 5.82 Å². The summed E-state index contributed by atoms with van der Waals surface area (Å²) in [4.78, 5) is 22.1. The van der Waals surface area contributed by atoms with Crippen molar-refractivity contribution >= 4 is 16.9 Å². The van der Waals surface area contributed by atoms with E-state index in [-0.39, 0.29) is 0 Å². The standard InChI is InChI=1S/C24H24N6O/c31-24(19-5-6-19)29-10-8-16(13-29)14-30-15-27-28-23(30)18-3-1-17(2-4-18)20-11-22-21(26-12-20)7-9-25-22/h1-4,7,9,11-12,15-16,19,25H,5-6,8,10,13-14H2/t16-/m1/s1. The number of H-pyrrole nitrogens is 1. The Morgan fingerprint density at radius 1 is 1.06 bits per heavy atom. The number of nitrogens with zero attached hydrogens (tertiary/aromatic N) is 5. The summed E-state index contributed by atoms with van der Waals surface area (Å²) in [7, 11) is 0. The Bertz CT molecular complexity index is 1240. The molecule has 0 spiro atoms. The van der Waals surface area contributed by atoms with Crippen molar-refractivity contribution in [2.45, 2.75) is 25.8 Å². The number of aromatic amines is 1. The Hall–Kier alpha value is -3.48. The lowest BCUT2D eigenvalue weighted by atomic mass is 10.0. The number of hydrogen-bond donors (Lipinski definition) is 1. The van der Waals surface area contributed by atoms with Gasteiger partial charge in [-0.3, -0.25) is 9.78 Å². The number of benzene rings is 1. The van der Waals surface area contributed by atoms with Crippen LogP contribution in [-0.2, 0) is 11.3 Å². The fourth-order valence-corrected chi connectivity index (χ4v) is 4.56. The zero-order valence-electron chi connectivity index (χ0n) is 17.2. The number of rotatable bonds is 5. The predicted molar refractivity (Wildman–Crippen MR) is 118 cm³/mol. The van der Waals surface area contributed by atoms with Crippen LogP contribution in [-0.4, -0.2) is 48.6 Å². The summed E-state index contributed by atoms with van der Waals surface area (Å²) in [5.74, 6) is 1.98. The van der Waals surface area contributed by atoms with E-state index in [4.69, 9.17) is 0 Å². The van der Waals surface area contributed by atoms with Crippen molar-refractivity contribution in [2.75, 3.05) is 13.1 Å². The van der Waals surface area contributed by atoms with Gasteiger partial charge in [-0.05, 0) is 42.9 Å². The number of aromatic nitrogens is 5. The topological polar surface area (TPSA) is 79.7 Å². The van der Waals surface area contributed by atoms with Gasteiger partial charge in [-0.25, -0.2) is 0 Å². The quantitative estimate of drug-likeness (QED) is 0.541. The maximum atomic E-state index is 12.3. The number of nitrogens with one attached hydrogen (secondary N) is 1. The Balaban J connectivity index is 1.18. The first-order chi connectivity index (χ1) is 15.2. The van der Waals surface area contributed by atoms with Crippen molar-refractivity contribution in [1.82, 2.24) is 29.6 Å². The Labute approximate surface area is 180 Å². The maximum absolute atomic E-state index is 12.3. The number of likely N-dealkylation sites (tertiary alicyclic amines) is 1. The molecular formula is C24H24N6O. The number of carbonyl (C=O) groups excluding carboxylic acids is 1. The normalized spacial score (nSPS) is 18.7. The van der Waals surface area contributed by atoms with E-state index in [9.17, 15) is 4.79 Å². The van der Waals surface area contributed by atoms with E-state index in [1.54, 1.807) is 6.33 Å². The van der Waals surface area contributed by atoms with Crippen molar-refractivity contribution < 1.29 is 4.79 Å². The van der Waals surface area contributed by atoms with Gasteiger partial charge in [0.2, 0.25) is 5.91 Å². The Morgan fingerprint density at radius 3 is 2.74 bits per heavy atom. The average Bonchev–Trinajstić information content (AvgIpc) is 3.17. The number of fused-ring (bicyclic) bond motifs is 1. The van der Waals surface area contributed by atoms with Crippen molar-refractivity contribution in [3.8, 4) is 22.5 Å². The first-order valence-corrected chi connectivity index (χ1v) is 10.9. The van der Waals surface area contributed by atoms with Gasteiger partial charge in [-0.15, -0.1) is 10.2 Å². The van der Waals surface area contributed by atoms with Gasteiger partial charge in [-0.2, -0.15) is 0 Å². The van der Waals surface area contributed by atoms with Gasteiger partial charge in [0.25, 0.3) is 0 Å². The van der Waals surface area contributed by atoms with Crippen LogP contribution >= 0.6 is 0 Å². The summed E-state index contributed by atoms with van der Waals surface area (Å²) < 4.78 is 2.12. The van der Waals surface area contributed by atoms with E-state index in [1.807, 2.05) is 18.5 Å². The molecule has 1 amide bonds. The highest BCUT2D eigenvalue weighted by Gasteiger charge is 2.36. The minimum absolute atomic E-state index is 0.302. The lowest BCUT2D eigenvalue weighted by molar-refractivity contribution is -0.131. The highest BCUT2D eigenvalue weighted by molar-refractivity contribution is 5.81. The van der Waals surface area contributed by atoms with E-state index in [0.29, 0.717) is 17.7 Å². The van der Waals surface area contributed by atoms with E-state index in [1.165, 1.54) is 0 Å². The molecule has 3 aromatic heterocycles. The molecule has 1 aromatic carbocycles. The van der Waals surface area contributed by atoms with Crippen LogP contribution in [0.4, 0.5) is 0 Å². The first-order valence-electron chi connectivity index (χ1n) is 10.9. The average molecular weight is 412 g/mol. The second kappa shape index (κ2) is 7.34. The first kappa shape index (κ1) is 18.3. The molecule has 4 heterocycles. The second-order valence-electron chi connectivity index (χ2n) is 8.73. The minimum atomic E-state index is 0.302. The van der Waals surface area contributed by atoms with Crippen molar-refractivity contribution in [3.05, 3.63) is 55.1 Å². The molecular weight excluding hydrogens is 388 g/mol. The molecule has 156 valence electrons. The molecule has 6 rings (SSSR count). The fourth-order valence-electron chi connectivity index (χ4n) is 4.56.